The predicted molar refractivity (Wildman–Crippen MR) is 79.9 cm³/mol. The molecule has 0 saturated heterocycles. The molecule has 0 aliphatic heterocycles. The largest absolute Gasteiger partial charge is 0.389 e. The van der Waals surface area contributed by atoms with Gasteiger partial charge in [-0.1, -0.05) is 23.8 Å². The molecule has 0 radical (unpaired) electrons. The van der Waals surface area contributed by atoms with Crippen LogP contribution < -0.4 is 11.1 Å². The zero-order valence-corrected chi connectivity index (χ0v) is 12.2. The maximum absolute atomic E-state index is 11.0. The lowest BCUT2D eigenvalue weighted by molar-refractivity contribution is 0.600. The van der Waals surface area contributed by atoms with Crippen molar-refractivity contribution in [3.63, 3.8) is 0 Å². The van der Waals surface area contributed by atoms with E-state index in [1.54, 1.807) is 0 Å². The SMILES string of the molecule is Cc1ccc(NCCCS(C)(=O)=O)c(C(N)=S)c1. The molecule has 0 fully saturated rings. The Balaban J connectivity index is 2.65. The molecule has 6 heteroatoms. The number of nitrogens with two attached hydrogens (primary N) is 1. The number of aryl methyl sites for hydroxylation is 1. The van der Waals surface area contributed by atoms with Gasteiger partial charge in [0.25, 0.3) is 0 Å². The highest BCUT2D eigenvalue weighted by atomic mass is 32.2. The molecular formula is C12H18N2O2S2. The molecule has 3 N–H and O–H groups in total. The maximum Gasteiger partial charge on any atom is 0.147 e. The van der Waals surface area contributed by atoms with Gasteiger partial charge in [-0.25, -0.2) is 8.42 Å². The summed E-state index contributed by atoms with van der Waals surface area (Å²) in [6, 6.07) is 5.78. The quantitative estimate of drug-likeness (QED) is 0.612. The molecule has 0 aliphatic rings. The third-order valence-electron chi connectivity index (χ3n) is 2.45. The number of nitrogens with one attached hydrogen (secondary N) is 1. The van der Waals surface area contributed by atoms with E-state index in [1.807, 2.05) is 25.1 Å². The summed E-state index contributed by atoms with van der Waals surface area (Å²) in [6.07, 6.45) is 1.79. The van der Waals surface area contributed by atoms with Crippen LogP contribution in [0.15, 0.2) is 18.2 Å². The summed E-state index contributed by atoms with van der Waals surface area (Å²) in [4.78, 5) is 0.337. The lowest BCUT2D eigenvalue weighted by Crippen LogP contribution is -2.15. The van der Waals surface area contributed by atoms with Crippen molar-refractivity contribution in [3.8, 4) is 0 Å². The van der Waals surface area contributed by atoms with Crippen LogP contribution in [0.25, 0.3) is 0 Å². The van der Waals surface area contributed by atoms with Crippen LogP contribution >= 0.6 is 12.2 Å². The third kappa shape index (κ3) is 5.01. The van der Waals surface area contributed by atoms with Gasteiger partial charge in [0.15, 0.2) is 0 Å². The van der Waals surface area contributed by atoms with Gasteiger partial charge in [0.05, 0.1) is 5.75 Å². The minimum atomic E-state index is -2.90. The van der Waals surface area contributed by atoms with Gasteiger partial charge < -0.3 is 11.1 Å². The molecule has 0 saturated carbocycles. The molecule has 0 amide bonds. The fourth-order valence-electron chi connectivity index (χ4n) is 1.57. The van der Waals surface area contributed by atoms with E-state index in [9.17, 15) is 8.42 Å². The standard InChI is InChI=1S/C12H18N2O2S2/c1-9-4-5-11(10(8-9)12(13)17)14-6-3-7-18(2,15)16/h4-5,8,14H,3,6-7H2,1-2H3,(H2,13,17). The van der Waals surface area contributed by atoms with Gasteiger partial charge in [0.1, 0.15) is 14.8 Å². The summed E-state index contributed by atoms with van der Waals surface area (Å²) in [6.45, 7) is 2.54. The van der Waals surface area contributed by atoms with E-state index in [-0.39, 0.29) is 5.75 Å². The van der Waals surface area contributed by atoms with Gasteiger partial charge >= 0.3 is 0 Å². The first-order valence-corrected chi connectivity index (χ1v) is 8.08. The molecule has 4 nitrogen and oxygen atoms in total. The Morgan fingerprint density at radius 1 is 1.44 bits per heavy atom. The first kappa shape index (κ1) is 14.9. The number of anilines is 1. The summed E-state index contributed by atoms with van der Waals surface area (Å²) < 4.78 is 22.0. The van der Waals surface area contributed by atoms with Crippen molar-refractivity contribution >= 4 is 32.7 Å². The zero-order chi connectivity index (χ0) is 13.8. The molecular weight excluding hydrogens is 268 g/mol. The van der Waals surface area contributed by atoms with Crippen molar-refractivity contribution in [1.82, 2.24) is 0 Å². The van der Waals surface area contributed by atoms with Crippen LogP contribution in [-0.2, 0) is 9.84 Å². The Labute approximate surface area is 113 Å². The Bertz CT molecular complexity index is 539. The molecule has 100 valence electrons. The molecule has 1 aromatic carbocycles. The Kier molecular flexibility index (Phi) is 5.10. The van der Waals surface area contributed by atoms with Crippen molar-refractivity contribution < 1.29 is 8.42 Å². The normalized spacial score (nSPS) is 11.2. The molecule has 18 heavy (non-hydrogen) atoms. The van der Waals surface area contributed by atoms with Crippen LogP contribution in [0.2, 0.25) is 0 Å². The minimum Gasteiger partial charge on any atom is -0.389 e. The second kappa shape index (κ2) is 6.15. The summed E-state index contributed by atoms with van der Waals surface area (Å²) in [7, 11) is -2.90. The first-order valence-electron chi connectivity index (χ1n) is 5.61. The van der Waals surface area contributed by atoms with E-state index >= 15 is 0 Å². The predicted octanol–water partition coefficient (Wildman–Crippen LogP) is 1.48. The topological polar surface area (TPSA) is 72.2 Å². The number of thiocarbonyl (C=S) groups is 1. The molecule has 0 atom stereocenters. The molecule has 1 rings (SSSR count). The van der Waals surface area contributed by atoms with Crippen LogP contribution in [0.1, 0.15) is 17.5 Å². The molecule has 1 aromatic rings. The van der Waals surface area contributed by atoms with Crippen molar-refractivity contribution in [2.45, 2.75) is 13.3 Å². The highest BCUT2D eigenvalue weighted by Gasteiger charge is 2.06. The molecule has 0 aromatic heterocycles. The third-order valence-corrected chi connectivity index (χ3v) is 3.70. The number of hydrogen-bond donors (Lipinski definition) is 2. The van der Waals surface area contributed by atoms with Crippen LogP contribution in [0.5, 0.6) is 0 Å². The maximum atomic E-state index is 11.0. The van der Waals surface area contributed by atoms with E-state index in [0.29, 0.717) is 18.0 Å². The second-order valence-corrected chi connectivity index (χ2v) is 7.02. The van der Waals surface area contributed by atoms with Gasteiger partial charge in [0, 0.05) is 24.1 Å². The molecule has 0 aliphatic carbocycles. The molecule has 0 unspecified atom stereocenters. The number of rotatable bonds is 6. The van der Waals surface area contributed by atoms with E-state index in [1.165, 1.54) is 6.26 Å². The molecule has 0 spiro atoms. The van der Waals surface area contributed by atoms with Crippen molar-refractivity contribution in [3.05, 3.63) is 29.3 Å². The Morgan fingerprint density at radius 3 is 2.67 bits per heavy atom. The average Bonchev–Trinajstić information content (AvgIpc) is 2.24. The van der Waals surface area contributed by atoms with Gasteiger partial charge in [0.2, 0.25) is 0 Å². The van der Waals surface area contributed by atoms with Crippen LogP contribution in [0.4, 0.5) is 5.69 Å². The number of sulfone groups is 1. The number of benzene rings is 1. The minimum absolute atomic E-state index is 0.175. The smallest absolute Gasteiger partial charge is 0.147 e. The average molecular weight is 286 g/mol. The van der Waals surface area contributed by atoms with Crippen molar-refractivity contribution in [2.24, 2.45) is 5.73 Å². The molecule has 0 bridgehead atoms. The highest BCUT2D eigenvalue weighted by Crippen LogP contribution is 2.17. The van der Waals surface area contributed by atoms with Gasteiger partial charge in [-0.2, -0.15) is 0 Å². The van der Waals surface area contributed by atoms with Crippen LogP contribution in [-0.4, -0.2) is 32.0 Å². The highest BCUT2D eigenvalue weighted by molar-refractivity contribution is 7.90. The van der Waals surface area contributed by atoms with Crippen LogP contribution in [0, 0.1) is 6.92 Å². The monoisotopic (exact) mass is 286 g/mol. The second-order valence-electron chi connectivity index (χ2n) is 4.32. The van der Waals surface area contributed by atoms with E-state index in [2.05, 4.69) is 5.32 Å². The summed E-state index contributed by atoms with van der Waals surface area (Å²) in [5, 5.41) is 3.16. The van der Waals surface area contributed by atoms with E-state index in [0.717, 1.165) is 16.8 Å². The van der Waals surface area contributed by atoms with Gasteiger partial charge in [-0.05, 0) is 25.5 Å². The number of hydrogen-bond acceptors (Lipinski definition) is 4. The lowest BCUT2D eigenvalue weighted by atomic mass is 10.1. The van der Waals surface area contributed by atoms with Gasteiger partial charge in [-0.3, -0.25) is 0 Å². The Morgan fingerprint density at radius 2 is 2.11 bits per heavy atom. The summed E-state index contributed by atoms with van der Waals surface area (Å²) in [5.41, 5.74) is 8.38. The van der Waals surface area contributed by atoms with Crippen molar-refractivity contribution in [2.75, 3.05) is 23.9 Å². The summed E-state index contributed by atoms with van der Waals surface area (Å²) in [5.74, 6) is 0.175. The van der Waals surface area contributed by atoms with Crippen molar-refractivity contribution in [1.29, 1.82) is 0 Å². The molecule has 0 heterocycles. The van der Waals surface area contributed by atoms with Gasteiger partial charge in [-0.15, -0.1) is 0 Å². The van der Waals surface area contributed by atoms with Crippen LogP contribution in [0.3, 0.4) is 0 Å². The summed E-state index contributed by atoms with van der Waals surface area (Å²) >= 11 is 4.99. The van der Waals surface area contributed by atoms with E-state index in [4.69, 9.17) is 18.0 Å². The van der Waals surface area contributed by atoms with E-state index < -0.39 is 9.84 Å². The zero-order valence-electron chi connectivity index (χ0n) is 10.6. The lowest BCUT2D eigenvalue weighted by Gasteiger charge is -2.11. The fraction of sp³-hybridized carbons (Fsp3) is 0.417. The Hall–Kier alpha value is -1.14. The fourth-order valence-corrected chi connectivity index (χ4v) is 2.41. The first-order chi connectivity index (χ1) is 8.29.